The SMILES string of the molecule is CN1CCN(c2nc(/C=C/c3cccc(F)c3)nc(NC3=NCC(C4CC4)=C3)n2)CC1. The Hall–Kier alpha value is -3.13. The van der Waals surface area contributed by atoms with Crippen molar-refractivity contribution in [3.63, 3.8) is 0 Å². The normalized spacial score (nSPS) is 19.6. The number of likely N-dealkylation sites (N-methyl/N-ethyl adjacent to an activating group) is 1. The second kappa shape index (κ2) is 8.55. The van der Waals surface area contributed by atoms with E-state index in [9.17, 15) is 4.39 Å². The van der Waals surface area contributed by atoms with Crippen molar-refractivity contribution >= 4 is 29.9 Å². The Labute approximate surface area is 181 Å². The number of aromatic nitrogens is 3. The molecule has 1 aromatic heterocycles. The van der Waals surface area contributed by atoms with Crippen LogP contribution in [0, 0.1) is 11.7 Å². The summed E-state index contributed by atoms with van der Waals surface area (Å²) in [4.78, 5) is 23.0. The second-order valence-electron chi connectivity index (χ2n) is 8.32. The molecule has 1 saturated heterocycles. The summed E-state index contributed by atoms with van der Waals surface area (Å²) < 4.78 is 13.5. The molecule has 0 amide bonds. The zero-order valence-corrected chi connectivity index (χ0v) is 17.6. The lowest BCUT2D eigenvalue weighted by Crippen LogP contribution is -2.45. The highest BCUT2D eigenvalue weighted by Gasteiger charge is 2.28. The number of amidine groups is 1. The molecule has 0 unspecified atom stereocenters. The number of rotatable bonds is 5. The van der Waals surface area contributed by atoms with E-state index < -0.39 is 0 Å². The number of anilines is 2. The molecule has 1 saturated carbocycles. The van der Waals surface area contributed by atoms with E-state index in [-0.39, 0.29) is 5.82 Å². The summed E-state index contributed by atoms with van der Waals surface area (Å²) in [6, 6.07) is 6.45. The predicted molar refractivity (Wildman–Crippen MR) is 122 cm³/mol. The molecule has 1 N–H and O–H groups in total. The van der Waals surface area contributed by atoms with Gasteiger partial charge in [-0.25, -0.2) is 4.39 Å². The van der Waals surface area contributed by atoms with E-state index in [4.69, 9.17) is 0 Å². The average Bonchev–Trinajstić information content (AvgIpc) is 3.52. The van der Waals surface area contributed by atoms with Gasteiger partial charge in [0.25, 0.3) is 0 Å². The van der Waals surface area contributed by atoms with E-state index in [1.807, 2.05) is 12.1 Å². The standard InChI is InChI=1S/C23H26FN7/c1-30-9-11-31(12-10-30)23-28-20(8-5-16-3-2-4-19(24)13-16)26-22(29-23)27-21-14-18(15-25-21)17-6-7-17/h2-5,8,13-14,17H,6-7,9-12,15H2,1H3,(H,25,26,27,28,29)/b8-5+. The molecule has 7 nitrogen and oxygen atoms in total. The van der Waals surface area contributed by atoms with Crippen molar-refractivity contribution in [1.29, 1.82) is 0 Å². The number of nitrogens with zero attached hydrogens (tertiary/aromatic N) is 6. The van der Waals surface area contributed by atoms with Crippen LogP contribution in [0.5, 0.6) is 0 Å². The summed E-state index contributed by atoms with van der Waals surface area (Å²) in [5, 5.41) is 3.27. The molecule has 31 heavy (non-hydrogen) atoms. The fraction of sp³-hybridized carbons (Fsp3) is 0.391. The maximum absolute atomic E-state index is 13.5. The molecule has 160 valence electrons. The summed E-state index contributed by atoms with van der Waals surface area (Å²) in [5.74, 6) is 2.89. The van der Waals surface area contributed by atoms with E-state index in [1.165, 1.54) is 30.5 Å². The van der Waals surface area contributed by atoms with Gasteiger partial charge in [0.2, 0.25) is 11.9 Å². The molecule has 5 rings (SSSR count). The highest BCUT2D eigenvalue weighted by atomic mass is 19.1. The summed E-state index contributed by atoms with van der Waals surface area (Å²) in [6.45, 7) is 4.40. The zero-order chi connectivity index (χ0) is 21.2. The number of piperazine rings is 1. The number of benzene rings is 1. The zero-order valence-electron chi connectivity index (χ0n) is 17.6. The van der Waals surface area contributed by atoms with Crippen molar-refractivity contribution in [1.82, 2.24) is 19.9 Å². The summed E-state index contributed by atoms with van der Waals surface area (Å²) in [6.07, 6.45) is 8.27. The van der Waals surface area contributed by atoms with Gasteiger partial charge in [0.15, 0.2) is 5.82 Å². The Morgan fingerprint density at radius 1 is 1.06 bits per heavy atom. The van der Waals surface area contributed by atoms with Gasteiger partial charge in [-0.2, -0.15) is 15.0 Å². The lowest BCUT2D eigenvalue weighted by molar-refractivity contribution is 0.311. The number of hydrogen-bond donors (Lipinski definition) is 1. The maximum Gasteiger partial charge on any atom is 0.233 e. The van der Waals surface area contributed by atoms with E-state index >= 15 is 0 Å². The van der Waals surface area contributed by atoms with E-state index in [1.54, 1.807) is 12.1 Å². The van der Waals surface area contributed by atoms with Crippen LogP contribution in [0.3, 0.4) is 0 Å². The Morgan fingerprint density at radius 3 is 2.68 bits per heavy atom. The van der Waals surface area contributed by atoms with Gasteiger partial charge >= 0.3 is 0 Å². The Bertz CT molecular complexity index is 1050. The van der Waals surface area contributed by atoms with Crippen LogP contribution in [0.25, 0.3) is 12.2 Å². The summed E-state index contributed by atoms with van der Waals surface area (Å²) in [7, 11) is 2.12. The third-order valence-corrected chi connectivity index (χ3v) is 5.80. The summed E-state index contributed by atoms with van der Waals surface area (Å²) >= 11 is 0. The molecule has 0 radical (unpaired) electrons. The molecule has 0 atom stereocenters. The Balaban J connectivity index is 1.40. The van der Waals surface area contributed by atoms with Gasteiger partial charge in [-0.3, -0.25) is 4.99 Å². The third kappa shape index (κ3) is 4.96. The van der Waals surface area contributed by atoms with Crippen LogP contribution in [-0.4, -0.2) is 65.5 Å². The largest absolute Gasteiger partial charge is 0.338 e. The minimum absolute atomic E-state index is 0.268. The number of aliphatic imine (C=N–C) groups is 1. The van der Waals surface area contributed by atoms with Gasteiger partial charge in [-0.1, -0.05) is 18.2 Å². The smallest absolute Gasteiger partial charge is 0.233 e. The first-order valence-electron chi connectivity index (χ1n) is 10.8. The van der Waals surface area contributed by atoms with Crippen molar-refractivity contribution in [3.05, 3.63) is 53.1 Å². The van der Waals surface area contributed by atoms with Crippen molar-refractivity contribution in [2.75, 3.05) is 50.0 Å². The van der Waals surface area contributed by atoms with Crippen LogP contribution in [0.15, 0.2) is 40.9 Å². The molecule has 2 aromatic rings. The minimum atomic E-state index is -0.268. The third-order valence-electron chi connectivity index (χ3n) is 5.80. The Kier molecular flexibility index (Phi) is 5.46. The van der Waals surface area contributed by atoms with E-state index in [2.05, 4.69) is 48.2 Å². The van der Waals surface area contributed by atoms with Crippen molar-refractivity contribution < 1.29 is 4.39 Å². The molecule has 2 aliphatic heterocycles. The first kappa shape index (κ1) is 19.8. The lowest BCUT2D eigenvalue weighted by Gasteiger charge is -2.32. The lowest BCUT2D eigenvalue weighted by atomic mass is 10.2. The molecular weight excluding hydrogens is 393 g/mol. The minimum Gasteiger partial charge on any atom is -0.338 e. The van der Waals surface area contributed by atoms with Crippen molar-refractivity contribution in [2.45, 2.75) is 12.8 Å². The van der Waals surface area contributed by atoms with Gasteiger partial charge in [0, 0.05) is 26.2 Å². The van der Waals surface area contributed by atoms with Gasteiger partial charge in [0.1, 0.15) is 11.7 Å². The highest BCUT2D eigenvalue weighted by Crippen LogP contribution is 2.37. The highest BCUT2D eigenvalue weighted by molar-refractivity contribution is 6.05. The van der Waals surface area contributed by atoms with Crippen LogP contribution >= 0.6 is 0 Å². The number of nitrogens with one attached hydrogen (secondary N) is 1. The number of hydrogen-bond acceptors (Lipinski definition) is 7. The molecule has 3 aliphatic rings. The Morgan fingerprint density at radius 2 is 1.90 bits per heavy atom. The topological polar surface area (TPSA) is 69.5 Å². The van der Waals surface area contributed by atoms with Gasteiger partial charge < -0.3 is 15.1 Å². The fourth-order valence-corrected chi connectivity index (χ4v) is 3.77. The van der Waals surface area contributed by atoms with Gasteiger partial charge in [0.05, 0.1) is 6.54 Å². The monoisotopic (exact) mass is 419 g/mol. The van der Waals surface area contributed by atoms with Crippen molar-refractivity contribution in [3.8, 4) is 0 Å². The van der Waals surface area contributed by atoms with Crippen LogP contribution < -0.4 is 10.2 Å². The van der Waals surface area contributed by atoms with Crippen molar-refractivity contribution in [2.24, 2.45) is 10.9 Å². The average molecular weight is 420 g/mol. The maximum atomic E-state index is 13.5. The second-order valence-corrected chi connectivity index (χ2v) is 8.32. The molecule has 1 aromatic carbocycles. The molecular formula is C23H26FN7. The van der Waals surface area contributed by atoms with Crippen LogP contribution in [-0.2, 0) is 0 Å². The quantitative estimate of drug-likeness (QED) is 0.803. The van der Waals surface area contributed by atoms with E-state index in [0.29, 0.717) is 23.6 Å². The first-order chi connectivity index (χ1) is 15.1. The molecule has 2 fully saturated rings. The number of halogens is 1. The molecule has 1 aliphatic carbocycles. The van der Waals surface area contributed by atoms with Crippen LogP contribution in [0.1, 0.15) is 24.2 Å². The summed E-state index contributed by atoms with van der Waals surface area (Å²) in [5.41, 5.74) is 2.15. The van der Waals surface area contributed by atoms with Gasteiger partial charge in [-0.05, 0) is 61.2 Å². The molecule has 3 heterocycles. The molecule has 0 bridgehead atoms. The van der Waals surface area contributed by atoms with Crippen LogP contribution in [0.4, 0.5) is 16.3 Å². The van der Waals surface area contributed by atoms with E-state index in [0.717, 1.165) is 44.1 Å². The first-order valence-corrected chi connectivity index (χ1v) is 10.8. The fourth-order valence-electron chi connectivity index (χ4n) is 3.77. The molecule has 8 heteroatoms. The molecule has 0 spiro atoms. The predicted octanol–water partition coefficient (Wildman–Crippen LogP) is 3.09. The van der Waals surface area contributed by atoms with Gasteiger partial charge in [-0.15, -0.1) is 0 Å². The van der Waals surface area contributed by atoms with Crippen LogP contribution in [0.2, 0.25) is 0 Å².